The van der Waals surface area contributed by atoms with Crippen LogP contribution in [0.1, 0.15) is 20.7 Å². The van der Waals surface area contributed by atoms with Crippen molar-refractivity contribution in [1.29, 1.82) is 0 Å². The summed E-state index contributed by atoms with van der Waals surface area (Å²) in [6.45, 7) is 0. The van der Waals surface area contributed by atoms with Crippen molar-refractivity contribution in [3.63, 3.8) is 0 Å². The average Bonchev–Trinajstić information content (AvgIpc) is 2.20. The maximum Gasteiger partial charge on any atom is 0.339 e. The van der Waals surface area contributed by atoms with Gasteiger partial charge in [-0.05, 0) is 6.07 Å². The summed E-state index contributed by atoms with van der Waals surface area (Å²) in [7, 11) is 0.949. The topological polar surface area (TPSA) is 83.8 Å². The lowest BCUT2D eigenvalue weighted by molar-refractivity contribution is 0.0690. The van der Waals surface area contributed by atoms with Crippen LogP contribution < -0.4 is 4.74 Å². The number of rotatable bonds is 3. The van der Waals surface area contributed by atoms with Gasteiger partial charge in [-0.1, -0.05) is 0 Å². The summed E-state index contributed by atoms with van der Waals surface area (Å²) in [5.74, 6) is -7.51. The highest BCUT2D eigenvalue weighted by atomic mass is 19.2. The van der Waals surface area contributed by atoms with Gasteiger partial charge in [0.2, 0.25) is 5.82 Å². The fourth-order valence-corrected chi connectivity index (χ4v) is 1.12. The molecule has 5 nitrogen and oxygen atoms in total. The maximum atomic E-state index is 13.2. The smallest absolute Gasteiger partial charge is 0.339 e. The van der Waals surface area contributed by atoms with Crippen LogP contribution in [0.3, 0.4) is 0 Å². The lowest BCUT2D eigenvalue weighted by atomic mass is 10.1. The number of hydrogen-bond donors (Lipinski definition) is 2. The molecule has 0 saturated heterocycles. The van der Waals surface area contributed by atoms with Crippen molar-refractivity contribution in [3.8, 4) is 5.75 Å². The zero-order chi connectivity index (χ0) is 12.5. The van der Waals surface area contributed by atoms with Crippen LogP contribution in [0.5, 0.6) is 5.75 Å². The molecule has 7 heteroatoms. The van der Waals surface area contributed by atoms with Gasteiger partial charge in [0.1, 0.15) is 5.56 Å². The third-order valence-corrected chi connectivity index (χ3v) is 1.83. The second kappa shape index (κ2) is 4.13. The average molecular weight is 232 g/mol. The minimum atomic E-state index is -1.76. The Morgan fingerprint density at radius 2 is 1.62 bits per heavy atom. The Balaban J connectivity index is 3.62. The number of carboxylic acids is 2. The van der Waals surface area contributed by atoms with Crippen LogP contribution in [0, 0.1) is 11.6 Å². The summed E-state index contributed by atoms with van der Waals surface area (Å²) in [6, 6.07) is 0.502. The third kappa shape index (κ3) is 1.79. The van der Waals surface area contributed by atoms with Crippen molar-refractivity contribution in [2.45, 2.75) is 0 Å². The van der Waals surface area contributed by atoms with E-state index in [-0.39, 0.29) is 0 Å². The standard InChI is InChI=1S/C9H6F2O5/c1-16-7-4(9(14)15)2-3(8(12)13)5(10)6(7)11/h2H,1H3,(H,12,13)(H,14,15). The van der Waals surface area contributed by atoms with Crippen molar-refractivity contribution in [2.75, 3.05) is 7.11 Å². The van der Waals surface area contributed by atoms with Crippen LogP contribution in [0.4, 0.5) is 8.78 Å². The zero-order valence-electron chi connectivity index (χ0n) is 7.95. The molecule has 0 fully saturated rings. The molecule has 16 heavy (non-hydrogen) atoms. The van der Waals surface area contributed by atoms with Crippen LogP contribution >= 0.6 is 0 Å². The highest BCUT2D eigenvalue weighted by molar-refractivity contribution is 5.96. The highest BCUT2D eigenvalue weighted by Gasteiger charge is 2.25. The number of ether oxygens (including phenoxy) is 1. The van der Waals surface area contributed by atoms with Gasteiger partial charge in [0.25, 0.3) is 0 Å². The molecular weight excluding hydrogens is 226 g/mol. The number of methoxy groups -OCH3 is 1. The predicted molar refractivity (Wildman–Crippen MR) is 46.8 cm³/mol. The molecule has 0 atom stereocenters. The molecule has 1 aromatic rings. The quantitative estimate of drug-likeness (QED) is 0.822. The molecule has 2 N–H and O–H groups in total. The van der Waals surface area contributed by atoms with E-state index >= 15 is 0 Å². The normalized spacial score (nSPS) is 9.94. The number of carbonyl (C=O) groups is 2. The van der Waals surface area contributed by atoms with E-state index in [9.17, 15) is 18.4 Å². The molecule has 1 rings (SSSR count). The van der Waals surface area contributed by atoms with Crippen molar-refractivity contribution < 1.29 is 33.3 Å². The van der Waals surface area contributed by atoms with Gasteiger partial charge in [0.05, 0.1) is 12.7 Å². The zero-order valence-corrected chi connectivity index (χ0v) is 7.95. The molecule has 0 radical (unpaired) electrons. The second-order valence-corrected chi connectivity index (χ2v) is 2.74. The van der Waals surface area contributed by atoms with E-state index in [1.165, 1.54) is 0 Å². The van der Waals surface area contributed by atoms with Crippen molar-refractivity contribution >= 4 is 11.9 Å². The van der Waals surface area contributed by atoms with Crippen LogP contribution in [0.25, 0.3) is 0 Å². The minimum absolute atomic E-state index is 0.502. The first-order chi connectivity index (χ1) is 7.40. The fourth-order valence-electron chi connectivity index (χ4n) is 1.12. The summed E-state index contributed by atoms with van der Waals surface area (Å²) < 4.78 is 30.7. The summed E-state index contributed by atoms with van der Waals surface area (Å²) in [5.41, 5.74) is -1.81. The van der Waals surface area contributed by atoms with Crippen molar-refractivity contribution in [1.82, 2.24) is 0 Å². The molecule has 0 aliphatic heterocycles. The van der Waals surface area contributed by atoms with Gasteiger partial charge in [-0.2, -0.15) is 4.39 Å². The third-order valence-electron chi connectivity index (χ3n) is 1.83. The van der Waals surface area contributed by atoms with Gasteiger partial charge in [-0.25, -0.2) is 14.0 Å². The number of halogens is 2. The van der Waals surface area contributed by atoms with E-state index in [0.29, 0.717) is 6.07 Å². The summed E-state index contributed by atoms with van der Waals surface area (Å²) in [4.78, 5) is 21.2. The van der Waals surface area contributed by atoms with E-state index in [1.54, 1.807) is 0 Å². The second-order valence-electron chi connectivity index (χ2n) is 2.74. The molecule has 0 bridgehead atoms. The molecule has 0 aliphatic rings. The van der Waals surface area contributed by atoms with E-state index < -0.39 is 40.4 Å². The molecule has 0 spiro atoms. The van der Waals surface area contributed by atoms with Crippen molar-refractivity contribution in [3.05, 3.63) is 28.8 Å². The van der Waals surface area contributed by atoms with Gasteiger partial charge >= 0.3 is 11.9 Å². The lowest BCUT2D eigenvalue weighted by Crippen LogP contribution is -2.10. The Kier molecular flexibility index (Phi) is 3.07. The summed E-state index contributed by atoms with van der Waals surface area (Å²) >= 11 is 0. The number of aromatic carboxylic acids is 2. The summed E-state index contributed by atoms with van der Waals surface area (Å²) in [6.07, 6.45) is 0. The summed E-state index contributed by atoms with van der Waals surface area (Å²) in [5, 5.41) is 17.2. The number of hydrogen-bond acceptors (Lipinski definition) is 3. The first-order valence-corrected chi connectivity index (χ1v) is 3.92. The number of carboxylic acid groups (broad SMARTS) is 2. The maximum absolute atomic E-state index is 13.2. The molecule has 0 saturated carbocycles. The highest BCUT2D eigenvalue weighted by Crippen LogP contribution is 2.27. The minimum Gasteiger partial charge on any atom is -0.493 e. The monoisotopic (exact) mass is 232 g/mol. The van der Waals surface area contributed by atoms with Crippen LogP contribution in [0.2, 0.25) is 0 Å². The Morgan fingerprint density at radius 1 is 1.12 bits per heavy atom. The van der Waals surface area contributed by atoms with E-state index in [0.717, 1.165) is 7.11 Å². The van der Waals surface area contributed by atoms with Gasteiger partial charge < -0.3 is 14.9 Å². The predicted octanol–water partition coefficient (Wildman–Crippen LogP) is 1.37. The van der Waals surface area contributed by atoms with E-state index in [2.05, 4.69) is 4.74 Å². The molecular formula is C9H6F2O5. The Hall–Kier alpha value is -2.18. The molecule has 0 aliphatic carbocycles. The Bertz CT molecular complexity index is 469. The van der Waals surface area contributed by atoms with Crippen LogP contribution in [-0.4, -0.2) is 29.3 Å². The molecule has 0 amide bonds. The largest absolute Gasteiger partial charge is 0.493 e. The first-order valence-electron chi connectivity index (χ1n) is 3.92. The molecule has 0 aromatic heterocycles. The fraction of sp³-hybridized carbons (Fsp3) is 0.111. The molecule has 0 unspecified atom stereocenters. The van der Waals surface area contributed by atoms with Crippen molar-refractivity contribution in [2.24, 2.45) is 0 Å². The number of benzene rings is 1. The molecule has 86 valence electrons. The van der Waals surface area contributed by atoms with Gasteiger partial charge in [0, 0.05) is 0 Å². The Morgan fingerprint density at radius 3 is 2.00 bits per heavy atom. The van der Waals surface area contributed by atoms with E-state index in [4.69, 9.17) is 10.2 Å². The van der Waals surface area contributed by atoms with Crippen LogP contribution in [-0.2, 0) is 0 Å². The van der Waals surface area contributed by atoms with Gasteiger partial charge in [-0.15, -0.1) is 0 Å². The first kappa shape index (κ1) is 11.9. The Labute approximate surface area is 87.9 Å². The molecule has 1 aromatic carbocycles. The SMILES string of the molecule is COc1c(C(=O)O)cc(C(=O)O)c(F)c1F. The van der Waals surface area contributed by atoms with Gasteiger partial charge in [-0.3, -0.25) is 0 Å². The van der Waals surface area contributed by atoms with E-state index in [1.807, 2.05) is 0 Å². The van der Waals surface area contributed by atoms with Gasteiger partial charge in [0.15, 0.2) is 11.6 Å². The lowest BCUT2D eigenvalue weighted by Gasteiger charge is -2.08. The van der Waals surface area contributed by atoms with Crippen LogP contribution in [0.15, 0.2) is 6.07 Å². The molecule has 0 heterocycles.